The van der Waals surface area contributed by atoms with E-state index in [2.05, 4.69) is 0 Å². The number of hydrogen-bond acceptors (Lipinski definition) is 4. The van der Waals surface area contributed by atoms with Gasteiger partial charge in [-0.15, -0.1) is 0 Å². The molecule has 0 aliphatic carbocycles. The molecule has 1 rings (SSSR count). The second-order valence-electron chi connectivity index (χ2n) is 4.67. The van der Waals surface area contributed by atoms with Gasteiger partial charge >= 0.3 is 0 Å². The number of ether oxygens (including phenoxy) is 2. The molecular weight excluding hydrogens is 194 g/mol. The third-order valence-electron chi connectivity index (χ3n) is 3.93. The van der Waals surface area contributed by atoms with E-state index < -0.39 is 5.60 Å². The maximum atomic E-state index is 10.6. The summed E-state index contributed by atoms with van der Waals surface area (Å²) in [5.41, 5.74) is 4.50. The molecule has 3 atom stereocenters. The average molecular weight is 217 g/mol. The molecule has 0 aromatic heterocycles. The molecule has 0 bridgehead atoms. The molecule has 1 fully saturated rings. The normalized spacial score (nSPS) is 33.4. The van der Waals surface area contributed by atoms with Crippen molar-refractivity contribution in [3.05, 3.63) is 0 Å². The standard InChI is InChI=1S/C11H23NO3/c1-9(14-3)10(2,13)11(7-12)5-4-6-15-8-11/h9,13H,4-8,12H2,1-3H3. The molecule has 0 spiro atoms. The Bertz CT molecular complexity index is 200. The van der Waals surface area contributed by atoms with Crippen molar-refractivity contribution in [1.82, 2.24) is 0 Å². The van der Waals surface area contributed by atoms with E-state index in [0.29, 0.717) is 13.2 Å². The van der Waals surface area contributed by atoms with Crippen molar-refractivity contribution < 1.29 is 14.6 Å². The van der Waals surface area contributed by atoms with E-state index in [1.54, 1.807) is 14.0 Å². The number of nitrogens with two attached hydrogens (primary N) is 1. The molecule has 90 valence electrons. The van der Waals surface area contributed by atoms with Crippen LogP contribution in [0.2, 0.25) is 0 Å². The Morgan fingerprint density at radius 2 is 2.33 bits per heavy atom. The molecule has 0 aromatic carbocycles. The molecule has 15 heavy (non-hydrogen) atoms. The average Bonchev–Trinajstić information content (AvgIpc) is 2.28. The third-order valence-corrected chi connectivity index (χ3v) is 3.93. The largest absolute Gasteiger partial charge is 0.387 e. The van der Waals surface area contributed by atoms with E-state index in [9.17, 15) is 5.11 Å². The molecule has 1 heterocycles. The van der Waals surface area contributed by atoms with Gasteiger partial charge in [-0.1, -0.05) is 0 Å². The van der Waals surface area contributed by atoms with Crippen LogP contribution in [0.15, 0.2) is 0 Å². The van der Waals surface area contributed by atoms with Gasteiger partial charge in [0.15, 0.2) is 0 Å². The van der Waals surface area contributed by atoms with Crippen LogP contribution in [0, 0.1) is 5.41 Å². The van der Waals surface area contributed by atoms with Crippen LogP contribution in [0.5, 0.6) is 0 Å². The molecule has 4 nitrogen and oxygen atoms in total. The quantitative estimate of drug-likeness (QED) is 0.721. The van der Waals surface area contributed by atoms with E-state index in [1.165, 1.54) is 0 Å². The van der Waals surface area contributed by atoms with Crippen molar-refractivity contribution in [2.45, 2.75) is 38.4 Å². The summed E-state index contributed by atoms with van der Waals surface area (Å²) in [5.74, 6) is 0. The predicted molar refractivity (Wildman–Crippen MR) is 58.6 cm³/mol. The van der Waals surface area contributed by atoms with E-state index in [1.807, 2.05) is 6.92 Å². The Morgan fingerprint density at radius 1 is 1.67 bits per heavy atom. The first-order valence-electron chi connectivity index (χ1n) is 5.53. The molecule has 3 unspecified atom stereocenters. The van der Waals surface area contributed by atoms with Gasteiger partial charge in [0.25, 0.3) is 0 Å². The zero-order valence-electron chi connectivity index (χ0n) is 9.95. The van der Waals surface area contributed by atoms with Crippen LogP contribution in [0.3, 0.4) is 0 Å². The van der Waals surface area contributed by atoms with Crippen molar-refractivity contribution in [2.24, 2.45) is 11.1 Å². The van der Waals surface area contributed by atoms with Crippen molar-refractivity contribution in [3.63, 3.8) is 0 Å². The summed E-state index contributed by atoms with van der Waals surface area (Å²) in [6.45, 7) is 5.37. The van der Waals surface area contributed by atoms with E-state index in [0.717, 1.165) is 19.4 Å². The highest BCUT2D eigenvalue weighted by atomic mass is 16.5. The van der Waals surface area contributed by atoms with Gasteiger partial charge in [0, 0.05) is 25.7 Å². The Morgan fingerprint density at radius 3 is 2.73 bits per heavy atom. The van der Waals surface area contributed by atoms with Crippen molar-refractivity contribution in [3.8, 4) is 0 Å². The topological polar surface area (TPSA) is 64.7 Å². The van der Waals surface area contributed by atoms with Crippen LogP contribution in [-0.2, 0) is 9.47 Å². The minimum absolute atomic E-state index is 0.247. The van der Waals surface area contributed by atoms with Gasteiger partial charge in [-0.3, -0.25) is 0 Å². The molecule has 0 radical (unpaired) electrons. The summed E-state index contributed by atoms with van der Waals surface area (Å²) in [7, 11) is 1.60. The second kappa shape index (κ2) is 4.78. The number of aliphatic hydroxyl groups is 1. The lowest BCUT2D eigenvalue weighted by molar-refractivity contribution is -0.186. The first-order chi connectivity index (χ1) is 7.00. The SMILES string of the molecule is COC(C)C(C)(O)C1(CN)CCCOC1. The van der Waals surface area contributed by atoms with Crippen molar-refractivity contribution >= 4 is 0 Å². The Kier molecular flexibility index (Phi) is 4.12. The number of hydrogen-bond donors (Lipinski definition) is 2. The fourth-order valence-corrected chi connectivity index (χ4v) is 2.28. The van der Waals surface area contributed by atoms with Gasteiger partial charge in [-0.05, 0) is 26.7 Å². The summed E-state index contributed by atoms with van der Waals surface area (Å²) in [6.07, 6.45) is 1.59. The molecule has 1 aliphatic heterocycles. The highest BCUT2D eigenvalue weighted by molar-refractivity contribution is 5.01. The zero-order valence-corrected chi connectivity index (χ0v) is 9.95. The summed E-state index contributed by atoms with van der Waals surface area (Å²) < 4.78 is 10.7. The van der Waals surface area contributed by atoms with Gasteiger partial charge in [0.1, 0.15) is 0 Å². The first-order valence-corrected chi connectivity index (χ1v) is 5.53. The Balaban J connectivity index is 2.87. The molecule has 1 saturated heterocycles. The highest BCUT2D eigenvalue weighted by Crippen LogP contribution is 2.41. The van der Waals surface area contributed by atoms with Crippen LogP contribution in [0.4, 0.5) is 0 Å². The Hall–Kier alpha value is -0.160. The van der Waals surface area contributed by atoms with Crippen LogP contribution >= 0.6 is 0 Å². The molecule has 4 heteroatoms. The lowest BCUT2D eigenvalue weighted by Crippen LogP contribution is -2.60. The lowest BCUT2D eigenvalue weighted by Gasteiger charge is -2.49. The molecule has 3 N–H and O–H groups in total. The van der Waals surface area contributed by atoms with Crippen LogP contribution < -0.4 is 5.73 Å². The summed E-state index contributed by atoms with van der Waals surface area (Å²) in [4.78, 5) is 0. The number of rotatable bonds is 4. The molecule has 0 aromatic rings. The van der Waals surface area contributed by atoms with E-state index >= 15 is 0 Å². The van der Waals surface area contributed by atoms with Crippen molar-refractivity contribution in [1.29, 1.82) is 0 Å². The number of methoxy groups -OCH3 is 1. The Labute approximate surface area is 91.7 Å². The fraction of sp³-hybridized carbons (Fsp3) is 1.00. The zero-order chi connectivity index (χ0) is 11.5. The smallest absolute Gasteiger partial charge is 0.0967 e. The minimum Gasteiger partial charge on any atom is -0.387 e. The van der Waals surface area contributed by atoms with E-state index in [4.69, 9.17) is 15.2 Å². The van der Waals surface area contributed by atoms with Crippen LogP contribution in [-0.4, -0.2) is 43.7 Å². The molecule has 1 aliphatic rings. The van der Waals surface area contributed by atoms with Gasteiger partial charge < -0.3 is 20.3 Å². The van der Waals surface area contributed by atoms with Crippen LogP contribution in [0.25, 0.3) is 0 Å². The minimum atomic E-state index is -0.947. The molecular formula is C11H23NO3. The predicted octanol–water partition coefficient (Wildman–Crippen LogP) is 0.528. The maximum Gasteiger partial charge on any atom is 0.0967 e. The molecule has 0 amide bonds. The lowest BCUT2D eigenvalue weighted by atomic mass is 9.67. The summed E-state index contributed by atoms with van der Waals surface area (Å²) in [6, 6.07) is 0. The van der Waals surface area contributed by atoms with Gasteiger partial charge in [-0.25, -0.2) is 0 Å². The summed E-state index contributed by atoms with van der Waals surface area (Å²) >= 11 is 0. The maximum absolute atomic E-state index is 10.6. The third kappa shape index (κ3) is 2.18. The van der Waals surface area contributed by atoms with Crippen LogP contribution in [0.1, 0.15) is 26.7 Å². The second-order valence-corrected chi connectivity index (χ2v) is 4.67. The fourth-order valence-electron chi connectivity index (χ4n) is 2.28. The van der Waals surface area contributed by atoms with Gasteiger partial charge in [0.05, 0.1) is 18.3 Å². The van der Waals surface area contributed by atoms with Gasteiger partial charge in [-0.2, -0.15) is 0 Å². The first kappa shape index (κ1) is 12.9. The van der Waals surface area contributed by atoms with Gasteiger partial charge in [0.2, 0.25) is 0 Å². The monoisotopic (exact) mass is 217 g/mol. The van der Waals surface area contributed by atoms with E-state index in [-0.39, 0.29) is 11.5 Å². The van der Waals surface area contributed by atoms with Crippen molar-refractivity contribution in [2.75, 3.05) is 26.9 Å². The summed E-state index contributed by atoms with van der Waals surface area (Å²) in [5, 5.41) is 10.6. The highest BCUT2D eigenvalue weighted by Gasteiger charge is 2.50. The molecule has 0 saturated carbocycles.